The van der Waals surface area contributed by atoms with E-state index in [1.54, 1.807) is 24.2 Å². The van der Waals surface area contributed by atoms with Crippen LogP contribution in [0.15, 0.2) is 46.5 Å². The van der Waals surface area contributed by atoms with Crippen LogP contribution in [0.25, 0.3) is 0 Å². The highest BCUT2D eigenvalue weighted by Crippen LogP contribution is 2.30. The second-order valence-electron chi connectivity index (χ2n) is 6.34. The van der Waals surface area contributed by atoms with E-state index >= 15 is 0 Å². The Balaban J connectivity index is 1.79. The Kier molecular flexibility index (Phi) is 5.87. The summed E-state index contributed by atoms with van der Waals surface area (Å²) in [5.74, 6) is -0.462. The summed E-state index contributed by atoms with van der Waals surface area (Å²) in [6.07, 6.45) is 4.82. The number of benzene rings is 1. The summed E-state index contributed by atoms with van der Waals surface area (Å²) >= 11 is 0. The fourth-order valence-corrected chi connectivity index (χ4v) is 3.92. The molecule has 2 aliphatic heterocycles. The summed E-state index contributed by atoms with van der Waals surface area (Å²) in [6.45, 7) is -2.64. The second kappa shape index (κ2) is 8.19. The number of ether oxygens (including phenoxy) is 2. The van der Waals surface area contributed by atoms with E-state index in [1.807, 2.05) is 0 Å². The van der Waals surface area contributed by atoms with E-state index < -0.39 is 22.5 Å². The topological polar surface area (TPSA) is 88.5 Å². The molecule has 1 amide bonds. The van der Waals surface area contributed by atoms with E-state index in [4.69, 9.17) is 4.74 Å². The number of likely N-dealkylation sites (N-methyl/N-ethyl adjacent to an activating group) is 1. The summed E-state index contributed by atoms with van der Waals surface area (Å²) in [6, 6.07) is 4.36. The molecule has 0 bridgehead atoms. The van der Waals surface area contributed by atoms with Gasteiger partial charge < -0.3 is 19.3 Å². The Morgan fingerprint density at radius 1 is 1.34 bits per heavy atom. The lowest BCUT2D eigenvalue weighted by Gasteiger charge is -2.30. The molecule has 0 spiro atoms. The van der Waals surface area contributed by atoms with Crippen molar-refractivity contribution in [2.24, 2.45) is 4.40 Å². The van der Waals surface area contributed by atoms with Crippen molar-refractivity contribution < 1.29 is 31.5 Å². The van der Waals surface area contributed by atoms with Gasteiger partial charge in [0.2, 0.25) is 0 Å². The number of amides is 1. The quantitative estimate of drug-likeness (QED) is 0.687. The van der Waals surface area contributed by atoms with E-state index in [9.17, 15) is 22.0 Å². The van der Waals surface area contributed by atoms with Gasteiger partial charge in [0.1, 0.15) is 0 Å². The Morgan fingerprint density at radius 3 is 2.79 bits per heavy atom. The van der Waals surface area contributed by atoms with Crippen LogP contribution in [0.4, 0.5) is 8.78 Å². The fraction of sp³-hybridized carbons (Fsp3) is 0.333. The number of rotatable bonds is 6. The zero-order chi connectivity index (χ0) is 21.2. The van der Waals surface area contributed by atoms with Gasteiger partial charge in [-0.05, 0) is 29.8 Å². The van der Waals surface area contributed by atoms with E-state index in [1.165, 1.54) is 36.3 Å². The third-order valence-corrected chi connectivity index (χ3v) is 5.45. The average Bonchev–Trinajstić information content (AvgIpc) is 2.67. The molecule has 2 aliphatic rings. The molecule has 0 unspecified atom stereocenters. The molecule has 0 fully saturated rings. The van der Waals surface area contributed by atoms with Gasteiger partial charge in [-0.25, -0.2) is 8.42 Å². The van der Waals surface area contributed by atoms with Gasteiger partial charge in [0.25, 0.3) is 15.9 Å². The van der Waals surface area contributed by atoms with Crippen molar-refractivity contribution in [1.29, 1.82) is 0 Å². The molecular weight excluding hydrogens is 408 g/mol. The van der Waals surface area contributed by atoms with Crippen LogP contribution >= 0.6 is 0 Å². The summed E-state index contributed by atoms with van der Waals surface area (Å²) in [7, 11) is -0.756. The van der Waals surface area contributed by atoms with E-state index in [0.717, 1.165) is 0 Å². The molecule has 0 saturated heterocycles. The van der Waals surface area contributed by atoms with Crippen LogP contribution in [-0.2, 0) is 21.4 Å². The number of alkyl halides is 2. The van der Waals surface area contributed by atoms with Gasteiger partial charge in [-0.3, -0.25) is 4.79 Å². The van der Waals surface area contributed by atoms with Crippen LogP contribution in [0.3, 0.4) is 0 Å². The molecule has 0 N–H and O–H groups in total. The van der Waals surface area contributed by atoms with Crippen molar-refractivity contribution in [3.8, 4) is 11.5 Å². The van der Waals surface area contributed by atoms with Crippen molar-refractivity contribution in [1.82, 2.24) is 9.80 Å². The molecule has 156 valence electrons. The van der Waals surface area contributed by atoms with Gasteiger partial charge in [-0.15, -0.1) is 4.40 Å². The molecule has 0 aromatic heterocycles. The van der Waals surface area contributed by atoms with Gasteiger partial charge in [-0.2, -0.15) is 8.78 Å². The molecule has 1 aromatic carbocycles. The number of methoxy groups -OCH3 is 1. The number of allylic oxidation sites excluding steroid dienone is 2. The van der Waals surface area contributed by atoms with Crippen molar-refractivity contribution in [3.63, 3.8) is 0 Å². The lowest BCUT2D eigenvalue weighted by Crippen LogP contribution is -2.42. The number of sulfonamides is 1. The lowest BCUT2D eigenvalue weighted by molar-refractivity contribution is -0.125. The number of fused-ring (bicyclic) bond motifs is 1. The van der Waals surface area contributed by atoms with Crippen molar-refractivity contribution in [2.45, 2.75) is 13.2 Å². The first-order chi connectivity index (χ1) is 13.7. The molecule has 8 nitrogen and oxygen atoms in total. The van der Waals surface area contributed by atoms with Crippen LogP contribution < -0.4 is 9.47 Å². The number of hydrogen-bond donors (Lipinski definition) is 0. The number of hydrogen-bond acceptors (Lipinski definition) is 6. The molecular formula is C18H19F2N3O5S. The average molecular weight is 427 g/mol. The number of amidine groups is 1. The molecule has 0 radical (unpaired) electrons. The van der Waals surface area contributed by atoms with E-state index in [0.29, 0.717) is 5.56 Å². The second-order valence-corrected chi connectivity index (χ2v) is 8.10. The maximum absolute atomic E-state index is 12.9. The highest BCUT2D eigenvalue weighted by molar-refractivity contribution is 7.90. The van der Waals surface area contributed by atoms with Crippen LogP contribution in [0.5, 0.6) is 11.5 Å². The van der Waals surface area contributed by atoms with E-state index in [2.05, 4.69) is 9.13 Å². The summed E-state index contributed by atoms with van der Waals surface area (Å²) in [4.78, 5) is 15.9. The molecule has 2 heterocycles. The highest BCUT2D eigenvalue weighted by Gasteiger charge is 2.31. The maximum atomic E-state index is 12.9. The predicted octanol–water partition coefficient (Wildman–Crippen LogP) is 1.75. The van der Waals surface area contributed by atoms with Crippen molar-refractivity contribution >= 4 is 21.8 Å². The first kappa shape index (κ1) is 20.8. The van der Waals surface area contributed by atoms with Crippen LogP contribution in [0.1, 0.15) is 5.56 Å². The molecule has 1 aromatic rings. The van der Waals surface area contributed by atoms with Crippen LogP contribution in [0.2, 0.25) is 0 Å². The smallest absolute Gasteiger partial charge is 0.387 e. The van der Waals surface area contributed by atoms with Gasteiger partial charge in [-0.1, -0.05) is 6.07 Å². The number of nitrogens with zero attached hydrogens (tertiary/aromatic N) is 3. The Bertz CT molecular complexity index is 1000. The zero-order valence-electron chi connectivity index (χ0n) is 15.7. The lowest BCUT2D eigenvalue weighted by atomic mass is 10.1. The van der Waals surface area contributed by atoms with Crippen molar-refractivity contribution in [2.75, 3.05) is 26.5 Å². The largest absolute Gasteiger partial charge is 0.493 e. The van der Waals surface area contributed by atoms with Crippen LogP contribution in [-0.4, -0.2) is 63.0 Å². The van der Waals surface area contributed by atoms with Crippen LogP contribution in [0, 0.1) is 0 Å². The van der Waals surface area contributed by atoms with Gasteiger partial charge in [0.15, 0.2) is 17.3 Å². The summed E-state index contributed by atoms with van der Waals surface area (Å²) < 4.78 is 61.8. The summed E-state index contributed by atoms with van der Waals surface area (Å²) in [5, 5.41) is 0. The van der Waals surface area contributed by atoms with Crippen molar-refractivity contribution in [3.05, 3.63) is 47.7 Å². The standard InChI is InChI=1S/C18H19F2N3O5S/c1-22(11-12-5-6-14(28-18(19)20)15(10-12)27-2)17(24)13-4-3-7-23-8-9-29(25,26)21-16(13)23/h3-7,10,18H,8-9,11H2,1-2H3. The minimum absolute atomic E-state index is 0.0915. The molecule has 29 heavy (non-hydrogen) atoms. The molecule has 0 atom stereocenters. The highest BCUT2D eigenvalue weighted by atomic mass is 32.2. The van der Waals surface area contributed by atoms with Gasteiger partial charge >= 0.3 is 6.61 Å². The SMILES string of the molecule is COc1cc(CN(C)C(=O)C2=CC=CN3CCS(=O)(=O)N=C23)ccc1OC(F)F. The van der Waals surface area contributed by atoms with E-state index in [-0.39, 0.29) is 41.8 Å². The fourth-order valence-electron chi connectivity index (χ4n) is 2.94. The first-order valence-corrected chi connectivity index (χ1v) is 10.2. The Hall–Kier alpha value is -2.95. The minimum atomic E-state index is -3.62. The monoisotopic (exact) mass is 427 g/mol. The van der Waals surface area contributed by atoms with Gasteiger partial charge in [0, 0.05) is 26.3 Å². The third kappa shape index (κ3) is 4.73. The molecule has 0 saturated carbocycles. The maximum Gasteiger partial charge on any atom is 0.387 e. The third-order valence-electron chi connectivity index (χ3n) is 4.30. The molecule has 3 rings (SSSR count). The zero-order valence-corrected chi connectivity index (χ0v) is 16.5. The number of carbonyl (C=O) groups is 1. The minimum Gasteiger partial charge on any atom is -0.493 e. The number of carbonyl (C=O) groups excluding carboxylic acids is 1. The summed E-state index contributed by atoms with van der Waals surface area (Å²) in [5.41, 5.74) is 0.768. The molecule has 0 aliphatic carbocycles. The normalized spacial score (nSPS) is 17.3. The predicted molar refractivity (Wildman–Crippen MR) is 101 cm³/mol. The first-order valence-electron chi connectivity index (χ1n) is 8.55. The van der Waals surface area contributed by atoms with Gasteiger partial charge in [0.05, 0.1) is 18.4 Å². The Morgan fingerprint density at radius 2 is 2.10 bits per heavy atom. The number of halogens is 2. The Labute approximate surface area is 166 Å². The molecule has 11 heteroatoms.